The van der Waals surface area contributed by atoms with Crippen molar-refractivity contribution in [2.24, 2.45) is 0 Å². The summed E-state index contributed by atoms with van der Waals surface area (Å²) in [6.45, 7) is 3.67. The molecule has 1 aromatic carbocycles. The number of alkyl halides is 2. The van der Waals surface area contributed by atoms with Crippen molar-refractivity contribution in [2.75, 3.05) is 0 Å². The molecule has 0 unspecified atom stereocenters. The molecule has 0 aliphatic rings. The van der Waals surface area contributed by atoms with Gasteiger partial charge in [0.15, 0.2) is 0 Å². The predicted octanol–water partition coefficient (Wildman–Crippen LogP) is 4.46. The predicted molar refractivity (Wildman–Crippen MR) is 56.3 cm³/mol. The minimum Gasteiger partial charge on any atom is -0.205 e. The minimum atomic E-state index is -2.38. The molecule has 14 heavy (non-hydrogen) atoms. The highest BCUT2D eigenvalue weighted by atomic mass is 32.1. The van der Waals surface area contributed by atoms with Crippen molar-refractivity contribution in [3.05, 3.63) is 34.2 Å². The van der Waals surface area contributed by atoms with E-state index in [0.717, 1.165) is 9.58 Å². The van der Waals surface area contributed by atoms with E-state index in [4.69, 9.17) is 0 Å². The summed E-state index contributed by atoms with van der Waals surface area (Å²) in [6.07, 6.45) is -2.38. The maximum absolute atomic E-state index is 12.8. The number of fused-ring (bicyclic) bond motifs is 1. The van der Waals surface area contributed by atoms with Crippen LogP contribution in [0.2, 0.25) is 0 Å². The van der Waals surface area contributed by atoms with Crippen molar-refractivity contribution in [1.29, 1.82) is 0 Å². The van der Waals surface area contributed by atoms with Crippen LogP contribution in [0.4, 0.5) is 8.78 Å². The minimum absolute atomic E-state index is 0.187. The first-order valence-electron chi connectivity index (χ1n) is 4.37. The number of hydrogen-bond acceptors (Lipinski definition) is 1. The number of aryl methyl sites for hydroxylation is 2. The Morgan fingerprint density at radius 2 is 1.93 bits per heavy atom. The first-order valence-corrected chi connectivity index (χ1v) is 5.19. The van der Waals surface area contributed by atoms with Gasteiger partial charge in [0, 0.05) is 20.5 Å². The van der Waals surface area contributed by atoms with Crippen LogP contribution in [-0.4, -0.2) is 0 Å². The summed E-state index contributed by atoms with van der Waals surface area (Å²) in [5, 5.41) is 0.711. The quantitative estimate of drug-likeness (QED) is 0.654. The van der Waals surface area contributed by atoms with Gasteiger partial charge in [0.2, 0.25) is 0 Å². The fraction of sp³-hybridized carbons (Fsp3) is 0.273. The van der Waals surface area contributed by atoms with Gasteiger partial charge < -0.3 is 0 Å². The van der Waals surface area contributed by atoms with Crippen LogP contribution in [0.3, 0.4) is 0 Å². The summed E-state index contributed by atoms with van der Waals surface area (Å²) in [6, 6.07) is 5.52. The summed E-state index contributed by atoms with van der Waals surface area (Å²) >= 11 is 1.56. The molecule has 0 aliphatic heterocycles. The van der Waals surface area contributed by atoms with Crippen LogP contribution in [0.5, 0.6) is 0 Å². The molecule has 0 aliphatic carbocycles. The number of benzene rings is 1. The second-order valence-corrected chi connectivity index (χ2v) is 4.65. The number of hydrogen-bond donors (Lipinski definition) is 0. The molecule has 3 heteroatoms. The zero-order valence-corrected chi connectivity index (χ0v) is 8.79. The normalized spacial score (nSPS) is 11.5. The fourth-order valence-electron chi connectivity index (χ4n) is 1.66. The molecule has 74 valence electrons. The molecule has 1 aromatic heterocycles. The first kappa shape index (κ1) is 9.59. The topological polar surface area (TPSA) is 0 Å². The molecular formula is C11H10F2S. The zero-order chi connectivity index (χ0) is 10.3. The van der Waals surface area contributed by atoms with E-state index in [2.05, 4.69) is 0 Å². The lowest BCUT2D eigenvalue weighted by Crippen LogP contribution is -1.89. The molecule has 0 bridgehead atoms. The summed E-state index contributed by atoms with van der Waals surface area (Å²) in [7, 11) is 0. The van der Waals surface area contributed by atoms with Crippen molar-refractivity contribution >= 4 is 21.4 Å². The monoisotopic (exact) mass is 212 g/mol. The van der Waals surface area contributed by atoms with Crippen LogP contribution >= 0.6 is 11.3 Å². The van der Waals surface area contributed by atoms with Crippen molar-refractivity contribution in [3.8, 4) is 0 Å². The molecule has 0 spiro atoms. The Balaban J connectivity index is 2.82. The number of halogens is 2. The van der Waals surface area contributed by atoms with Gasteiger partial charge >= 0.3 is 0 Å². The Kier molecular flexibility index (Phi) is 2.27. The Morgan fingerprint density at radius 1 is 1.21 bits per heavy atom. The third-order valence-electron chi connectivity index (χ3n) is 2.30. The van der Waals surface area contributed by atoms with E-state index in [9.17, 15) is 8.78 Å². The van der Waals surface area contributed by atoms with Gasteiger partial charge in [0.1, 0.15) is 0 Å². The maximum atomic E-state index is 12.8. The highest BCUT2D eigenvalue weighted by molar-refractivity contribution is 7.19. The van der Waals surface area contributed by atoms with Crippen molar-refractivity contribution < 1.29 is 8.78 Å². The van der Waals surface area contributed by atoms with Gasteiger partial charge in [-0.25, -0.2) is 8.78 Å². The van der Waals surface area contributed by atoms with Gasteiger partial charge in [-0.05, 0) is 31.5 Å². The van der Waals surface area contributed by atoms with Gasteiger partial charge in [-0.1, -0.05) is 6.07 Å². The number of thiophene rings is 1. The van der Waals surface area contributed by atoms with E-state index in [1.165, 1.54) is 0 Å². The first-order chi connectivity index (χ1) is 6.59. The molecule has 0 nitrogen and oxygen atoms in total. The summed E-state index contributed by atoms with van der Waals surface area (Å²) in [5.74, 6) is 0. The molecule has 2 aromatic rings. The van der Waals surface area contributed by atoms with Crippen LogP contribution in [0.25, 0.3) is 10.1 Å². The van der Waals surface area contributed by atoms with Crippen LogP contribution in [-0.2, 0) is 0 Å². The average Bonchev–Trinajstić information content (AvgIpc) is 2.43. The molecule has 0 radical (unpaired) electrons. The third kappa shape index (κ3) is 1.42. The molecule has 0 saturated heterocycles. The highest BCUT2D eigenvalue weighted by Crippen LogP contribution is 2.35. The third-order valence-corrected chi connectivity index (χ3v) is 3.32. The summed E-state index contributed by atoms with van der Waals surface area (Å²) < 4.78 is 26.5. The summed E-state index contributed by atoms with van der Waals surface area (Å²) in [5.41, 5.74) is 0.858. The van der Waals surface area contributed by atoms with E-state index >= 15 is 0 Å². The zero-order valence-electron chi connectivity index (χ0n) is 7.97. The van der Waals surface area contributed by atoms with Crippen molar-refractivity contribution in [3.63, 3.8) is 0 Å². The molecule has 1 heterocycles. The largest absolute Gasteiger partial charge is 0.264 e. The molecule has 0 N–H and O–H groups in total. The molecule has 0 fully saturated rings. The lowest BCUT2D eigenvalue weighted by molar-refractivity contribution is 0.152. The standard InChI is InChI=1S/C11H10F2S/c1-6-3-4-9-8(5-7(2)14-9)10(6)11(12)13/h3-5,11H,1-2H3. The molecular weight excluding hydrogens is 202 g/mol. The molecule has 0 amide bonds. The smallest absolute Gasteiger partial charge is 0.205 e. The Hall–Kier alpha value is -0.960. The van der Waals surface area contributed by atoms with E-state index in [1.54, 1.807) is 24.3 Å². The van der Waals surface area contributed by atoms with Crippen molar-refractivity contribution in [1.82, 2.24) is 0 Å². The SMILES string of the molecule is Cc1cc2c(C(F)F)c(C)ccc2s1. The van der Waals surface area contributed by atoms with Crippen LogP contribution in [0, 0.1) is 13.8 Å². The Bertz CT molecular complexity index is 471. The van der Waals surface area contributed by atoms with Gasteiger partial charge in [-0.3, -0.25) is 0 Å². The Labute approximate surface area is 85.2 Å². The Morgan fingerprint density at radius 3 is 2.57 bits per heavy atom. The lowest BCUT2D eigenvalue weighted by atomic mass is 10.1. The fourth-order valence-corrected chi connectivity index (χ4v) is 2.60. The molecule has 0 saturated carbocycles. The molecule has 2 rings (SSSR count). The van der Waals surface area contributed by atoms with E-state index in [1.807, 2.05) is 19.1 Å². The van der Waals surface area contributed by atoms with Crippen LogP contribution < -0.4 is 0 Å². The lowest BCUT2D eigenvalue weighted by Gasteiger charge is -2.05. The van der Waals surface area contributed by atoms with E-state index < -0.39 is 6.43 Å². The average molecular weight is 212 g/mol. The van der Waals surface area contributed by atoms with Gasteiger partial charge in [-0.2, -0.15) is 0 Å². The second kappa shape index (κ2) is 3.31. The van der Waals surface area contributed by atoms with Crippen LogP contribution in [0.1, 0.15) is 22.4 Å². The van der Waals surface area contributed by atoms with Crippen molar-refractivity contribution in [2.45, 2.75) is 20.3 Å². The van der Waals surface area contributed by atoms with Gasteiger partial charge in [0.05, 0.1) is 0 Å². The van der Waals surface area contributed by atoms with E-state index in [-0.39, 0.29) is 5.56 Å². The van der Waals surface area contributed by atoms with Gasteiger partial charge in [-0.15, -0.1) is 11.3 Å². The number of rotatable bonds is 1. The van der Waals surface area contributed by atoms with E-state index in [0.29, 0.717) is 10.9 Å². The maximum Gasteiger partial charge on any atom is 0.264 e. The van der Waals surface area contributed by atoms with Gasteiger partial charge in [0.25, 0.3) is 6.43 Å². The summed E-state index contributed by atoms with van der Waals surface area (Å²) in [4.78, 5) is 1.08. The molecule has 0 atom stereocenters. The second-order valence-electron chi connectivity index (χ2n) is 3.37. The van der Waals surface area contributed by atoms with Crippen LogP contribution in [0.15, 0.2) is 18.2 Å². The highest BCUT2D eigenvalue weighted by Gasteiger charge is 2.15.